The lowest BCUT2D eigenvalue weighted by atomic mass is 10.0. The Bertz CT molecular complexity index is 258. The van der Waals surface area contributed by atoms with Gasteiger partial charge in [-0.15, -0.1) is 0 Å². The Hall–Kier alpha value is -0.860. The van der Waals surface area contributed by atoms with E-state index in [2.05, 4.69) is 36.5 Å². The third-order valence-electron chi connectivity index (χ3n) is 2.52. The Morgan fingerprint density at radius 3 is 2.47 bits per heavy atom. The van der Waals surface area contributed by atoms with Gasteiger partial charge in [0.2, 0.25) is 0 Å². The van der Waals surface area contributed by atoms with E-state index in [1.54, 1.807) is 0 Å². The maximum Gasteiger partial charge on any atom is 0.0636 e. The molecule has 2 nitrogen and oxygen atoms in total. The molecule has 0 heterocycles. The standard InChI is InChI=1S/C13H21NO/c1-3-13(14-10-11(2)15)9-12-7-5-4-6-8-12/h4-8,11,13-15H,3,9-10H2,1-2H3/t11-,13-/m0/s1. The van der Waals surface area contributed by atoms with Gasteiger partial charge in [0.25, 0.3) is 0 Å². The third kappa shape index (κ3) is 4.96. The Morgan fingerprint density at radius 2 is 1.93 bits per heavy atom. The number of hydrogen-bond acceptors (Lipinski definition) is 2. The zero-order valence-corrected chi connectivity index (χ0v) is 9.61. The molecule has 0 aromatic heterocycles. The van der Waals surface area contributed by atoms with Crippen molar-refractivity contribution >= 4 is 0 Å². The molecule has 2 N–H and O–H groups in total. The molecular weight excluding hydrogens is 186 g/mol. The number of nitrogens with one attached hydrogen (secondary N) is 1. The summed E-state index contributed by atoms with van der Waals surface area (Å²) in [6.45, 7) is 4.65. The van der Waals surface area contributed by atoms with Crippen molar-refractivity contribution in [1.82, 2.24) is 5.32 Å². The van der Waals surface area contributed by atoms with Crippen LogP contribution in [0.15, 0.2) is 30.3 Å². The van der Waals surface area contributed by atoms with Gasteiger partial charge in [0.05, 0.1) is 6.10 Å². The first-order valence-electron chi connectivity index (χ1n) is 5.67. The molecule has 2 heteroatoms. The number of benzene rings is 1. The van der Waals surface area contributed by atoms with Gasteiger partial charge in [-0.3, -0.25) is 0 Å². The van der Waals surface area contributed by atoms with Crippen LogP contribution in [0.1, 0.15) is 25.8 Å². The van der Waals surface area contributed by atoms with Crippen molar-refractivity contribution < 1.29 is 5.11 Å². The summed E-state index contributed by atoms with van der Waals surface area (Å²) in [7, 11) is 0. The van der Waals surface area contributed by atoms with E-state index in [1.165, 1.54) is 5.56 Å². The van der Waals surface area contributed by atoms with Crippen LogP contribution in [0.3, 0.4) is 0 Å². The molecule has 0 aliphatic heterocycles. The topological polar surface area (TPSA) is 32.3 Å². The van der Waals surface area contributed by atoms with Crippen LogP contribution in [0.25, 0.3) is 0 Å². The average Bonchev–Trinajstić information content (AvgIpc) is 2.25. The van der Waals surface area contributed by atoms with Crippen LogP contribution in [-0.2, 0) is 6.42 Å². The molecule has 1 rings (SSSR count). The highest BCUT2D eigenvalue weighted by Crippen LogP contribution is 2.05. The van der Waals surface area contributed by atoms with Crippen LogP contribution in [-0.4, -0.2) is 23.8 Å². The highest BCUT2D eigenvalue weighted by molar-refractivity contribution is 5.15. The SMILES string of the molecule is CC[C@@H](Cc1ccccc1)NC[C@H](C)O. The Balaban J connectivity index is 2.40. The monoisotopic (exact) mass is 207 g/mol. The lowest BCUT2D eigenvalue weighted by Crippen LogP contribution is -2.35. The van der Waals surface area contributed by atoms with Gasteiger partial charge in [0.15, 0.2) is 0 Å². The van der Waals surface area contributed by atoms with Gasteiger partial charge in [0, 0.05) is 12.6 Å². The number of aliphatic hydroxyl groups excluding tert-OH is 1. The summed E-state index contributed by atoms with van der Waals surface area (Å²) in [5.41, 5.74) is 1.35. The first kappa shape index (κ1) is 12.2. The minimum Gasteiger partial charge on any atom is -0.392 e. The van der Waals surface area contributed by atoms with E-state index in [4.69, 9.17) is 0 Å². The first-order chi connectivity index (χ1) is 7.22. The molecule has 15 heavy (non-hydrogen) atoms. The molecule has 0 amide bonds. The van der Waals surface area contributed by atoms with E-state index >= 15 is 0 Å². The van der Waals surface area contributed by atoms with E-state index in [-0.39, 0.29) is 6.10 Å². The lowest BCUT2D eigenvalue weighted by molar-refractivity contribution is 0.185. The predicted octanol–water partition coefficient (Wildman–Crippen LogP) is 1.98. The zero-order valence-electron chi connectivity index (χ0n) is 9.61. The van der Waals surface area contributed by atoms with Crippen molar-refractivity contribution in [2.75, 3.05) is 6.54 Å². The molecule has 1 aromatic rings. The Labute approximate surface area is 92.3 Å². The van der Waals surface area contributed by atoms with Crippen molar-refractivity contribution in [3.05, 3.63) is 35.9 Å². The van der Waals surface area contributed by atoms with Gasteiger partial charge in [-0.2, -0.15) is 0 Å². The molecule has 0 unspecified atom stereocenters. The molecular formula is C13H21NO. The lowest BCUT2D eigenvalue weighted by Gasteiger charge is -2.18. The minimum absolute atomic E-state index is 0.269. The third-order valence-corrected chi connectivity index (χ3v) is 2.52. The molecule has 0 aliphatic rings. The van der Waals surface area contributed by atoms with E-state index in [1.807, 2.05) is 13.0 Å². The highest BCUT2D eigenvalue weighted by atomic mass is 16.3. The fourth-order valence-corrected chi connectivity index (χ4v) is 1.60. The van der Waals surface area contributed by atoms with Gasteiger partial charge in [0.1, 0.15) is 0 Å². The average molecular weight is 207 g/mol. The normalized spacial score (nSPS) is 14.9. The van der Waals surface area contributed by atoms with E-state index < -0.39 is 0 Å². The summed E-state index contributed by atoms with van der Waals surface area (Å²) >= 11 is 0. The molecule has 0 fully saturated rings. The van der Waals surface area contributed by atoms with Crippen molar-refractivity contribution in [3.8, 4) is 0 Å². The molecule has 0 bridgehead atoms. The van der Waals surface area contributed by atoms with Crippen molar-refractivity contribution in [1.29, 1.82) is 0 Å². The second-order valence-corrected chi connectivity index (χ2v) is 4.05. The summed E-state index contributed by atoms with van der Waals surface area (Å²) in [4.78, 5) is 0. The summed E-state index contributed by atoms with van der Waals surface area (Å²) in [5.74, 6) is 0. The number of hydrogen-bond donors (Lipinski definition) is 2. The number of rotatable bonds is 6. The molecule has 1 aromatic carbocycles. The van der Waals surface area contributed by atoms with Gasteiger partial charge in [-0.1, -0.05) is 37.3 Å². The summed E-state index contributed by atoms with van der Waals surface area (Å²) in [5, 5.41) is 12.6. The smallest absolute Gasteiger partial charge is 0.0636 e. The van der Waals surface area contributed by atoms with Gasteiger partial charge >= 0.3 is 0 Å². The summed E-state index contributed by atoms with van der Waals surface area (Å²) < 4.78 is 0. The fraction of sp³-hybridized carbons (Fsp3) is 0.538. The summed E-state index contributed by atoms with van der Waals surface area (Å²) in [6, 6.07) is 10.9. The molecule has 0 saturated heterocycles. The van der Waals surface area contributed by atoms with Crippen LogP contribution in [0.5, 0.6) is 0 Å². The largest absolute Gasteiger partial charge is 0.392 e. The fourth-order valence-electron chi connectivity index (χ4n) is 1.60. The second-order valence-electron chi connectivity index (χ2n) is 4.05. The Kier molecular flexibility index (Phi) is 5.37. The van der Waals surface area contributed by atoms with Crippen LogP contribution >= 0.6 is 0 Å². The van der Waals surface area contributed by atoms with E-state index in [9.17, 15) is 5.11 Å². The van der Waals surface area contributed by atoms with Crippen molar-refractivity contribution in [2.45, 2.75) is 38.8 Å². The van der Waals surface area contributed by atoms with Crippen LogP contribution in [0, 0.1) is 0 Å². The number of aliphatic hydroxyl groups is 1. The molecule has 0 saturated carbocycles. The maximum atomic E-state index is 9.20. The maximum absolute atomic E-state index is 9.20. The van der Waals surface area contributed by atoms with Gasteiger partial charge in [-0.05, 0) is 25.3 Å². The first-order valence-corrected chi connectivity index (χ1v) is 5.67. The van der Waals surface area contributed by atoms with Crippen LogP contribution < -0.4 is 5.32 Å². The summed E-state index contributed by atoms with van der Waals surface area (Å²) in [6.07, 6.45) is 1.85. The van der Waals surface area contributed by atoms with Crippen LogP contribution in [0.2, 0.25) is 0 Å². The Morgan fingerprint density at radius 1 is 1.27 bits per heavy atom. The van der Waals surface area contributed by atoms with E-state index in [0.717, 1.165) is 12.8 Å². The minimum atomic E-state index is -0.269. The molecule has 2 atom stereocenters. The van der Waals surface area contributed by atoms with Crippen molar-refractivity contribution in [2.24, 2.45) is 0 Å². The van der Waals surface area contributed by atoms with E-state index in [0.29, 0.717) is 12.6 Å². The van der Waals surface area contributed by atoms with Crippen LogP contribution in [0.4, 0.5) is 0 Å². The molecule has 0 aliphatic carbocycles. The second kappa shape index (κ2) is 6.59. The van der Waals surface area contributed by atoms with Gasteiger partial charge in [-0.25, -0.2) is 0 Å². The molecule has 84 valence electrons. The molecule has 0 spiro atoms. The quantitative estimate of drug-likeness (QED) is 0.747. The van der Waals surface area contributed by atoms with Crippen molar-refractivity contribution in [3.63, 3.8) is 0 Å². The predicted molar refractivity (Wildman–Crippen MR) is 63.9 cm³/mol. The highest BCUT2D eigenvalue weighted by Gasteiger charge is 2.07. The zero-order chi connectivity index (χ0) is 11.1. The van der Waals surface area contributed by atoms with Gasteiger partial charge < -0.3 is 10.4 Å². The molecule has 0 radical (unpaired) electrons.